The maximum Gasteiger partial charge on any atom is 0.252 e. The van der Waals surface area contributed by atoms with E-state index in [-0.39, 0.29) is 28.5 Å². The van der Waals surface area contributed by atoms with Gasteiger partial charge in [-0.2, -0.15) is 4.31 Å². The van der Waals surface area contributed by atoms with Crippen molar-refractivity contribution >= 4 is 33.2 Å². The molecule has 1 atom stereocenters. The number of amides is 2. The number of thiophene rings is 1. The Bertz CT molecular complexity index is 712. The van der Waals surface area contributed by atoms with Crippen molar-refractivity contribution in [2.45, 2.75) is 30.5 Å². The fraction of sp³-hybridized carbons (Fsp3) is 0.600. The average molecular weight is 374 g/mol. The fourth-order valence-electron chi connectivity index (χ4n) is 2.66. The summed E-state index contributed by atoms with van der Waals surface area (Å²) in [5, 5.41) is 2.65. The maximum atomic E-state index is 12.8. The molecular weight excluding hydrogens is 350 g/mol. The Balaban J connectivity index is 2.12. The van der Waals surface area contributed by atoms with Gasteiger partial charge in [0.1, 0.15) is 4.21 Å². The van der Waals surface area contributed by atoms with Crippen LogP contribution in [0.5, 0.6) is 0 Å². The van der Waals surface area contributed by atoms with Gasteiger partial charge >= 0.3 is 0 Å². The Kier molecular flexibility index (Phi) is 6.00. The average Bonchev–Trinajstić information content (AvgIpc) is 3.02. The molecule has 0 aromatic carbocycles. The standard InChI is InChI=1S/C15H23N3O4S2/c1-11(19)16-9-13-6-7-14(23-13)24(21,22)18-8-4-5-12(10-18)15(20)17(2)3/h6-7,12H,4-5,8-10H2,1-3H3,(H,16,19). The summed E-state index contributed by atoms with van der Waals surface area (Å²) in [5.74, 6) is -0.483. The van der Waals surface area contributed by atoms with Crippen molar-refractivity contribution in [2.75, 3.05) is 27.2 Å². The molecule has 9 heteroatoms. The van der Waals surface area contributed by atoms with Gasteiger partial charge in [-0.3, -0.25) is 9.59 Å². The zero-order valence-corrected chi connectivity index (χ0v) is 15.7. The van der Waals surface area contributed by atoms with Crippen LogP contribution in [0.4, 0.5) is 0 Å². The zero-order valence-electron chi connectivity index (χ0n) is 14.1. The van der Waals surface area contributed by atoms with Crippen LogP contribution in [-0.4, -0.2) is 56.6 Å². The highest BCUT2D eigenvalue weighted by Crippen LogP contribution is 2.29. The highest BCUT2D eigenvalue weighted by atomic mass is 32.2. The number of nitrogens with one attached hydrogen (secondary N) is 1. The Labute approximate surface area is 146 Å². The van der Waals surface area contributed by atoms with E-state index in [0.717, 1.165) is 16.2 Å². The van der Waals surface area contributed by atoms with E-state index >= 15 is 0 Å². The maximum absolute atomic E-state index is 12.8. The van der Waals surface area contributed by atoms with E-state index in [1.807, 2.05) is 0 Å². The van der Waals surface area contributed by atoms with E-state index < -0.39 is 10.0 Å². The molecule has 0 radical (unpaired) electrons. The lowest BCUT2D eigenvalue weighted by molar-refractivity contribution is -0.134. The molecule has 1 aromatic heterocycles. The van der Waals surface area contributed by atoms with Crippen LogP contribution in [0, 0.1) is 5.92 Å². The van der Waals surface area contributed by atoms with E-state index in [4.69, 9.17) is 0 Å². The van der Waals surface area contributed by atoms with Crippen molar-refractivity contribution in [3.8, 4) is 0 Å². The number of rotatable bonds is 5. The third-order valence-electron chi connectivity index (χ3n) is 3.92. The molecule has 0 aliphatic carbocycles. The van der Waals surface area contributed by atoms with Crippen LogP contribution < -0.4 is 5.32 Å². The van der Waals surface area contributed by atoms with Gasteiger partial charge in [-0.05, 0) is 25.0 Å². The second-order valence-corrected chi connectivity index (χ2v) is 9.40. The summed E-state index contributed by atoms with van der Waals surface area (Å²) in [7, 11) is -0.236. The van der Waals surface area contributed by atoms with Crippen LogP contribution in [0.15, 0.2) is 16.3 Å². The molecule has 1 N–H and O–H groups in total. The minimum absolute atomic E-state index is 0.0348. The molecule has 7 nitrogen and oxygen atoms in total. The quantitative estimate of drug-likeness (QED) is 0.830. The van der Waals surface area contributed by atoms with Crippen molar-refractivity contribution in [2.24, 2.45) is 5.92 Å². The molecule has 2 amide bonds. The molecule has 2 heterocycles. The first-order valence-electron chi connectivity index (χ1n) is 7.76. The first-order valence-corrected chi connectivity index (χ1v) is 10.0. The van der Waals surface area contributed by atoms with E-state index in [0.29, 0.717) is 25.9 Å². The fourth-order valence-corrected chi connectivity index (χ4v) is 5.63. The zero-order chi connectivity index (χ0) is 17.9. The van der Waals surface area contributed by atoms with Gasteiger partial charge in [0, 0.05) is 39.0 Å². The monoisotopic (exact) mass is 373 g/mol. The van der Waals surface area contributed by atoms with Crippen LogP contribution in [-0.2, 0) is 26.2 Å². The molecule has 1 aromatic rings. The number of sulfonamides is 1. The van der Waals surface area contributed by atoms with E-state index in [1.165, 1.54) is 16.1 Å². The summed E-state index contributed by atoms with van der Waals surface area (Å²) in [6.45, 7) is 2.38. The van der Waals surface area contributed by atoms with Crippen LogP contribution in [0.25, 0.3) is 0 Å². The first kappa shape index (κ1) is 18.9. The predicted molar refractivity (Wildman–Crippen MR) is 92.0 cm³/mol. The van der Waals surface area contributed by atoms with Gasteiger partial charge in [-0.15, -0.1) is 11.3 Å². The molecule has 0 bridgehead atoms. The lowest BCUT2D eigenvalue weighted by Gasteiger charge is -2.32. The summed E-state index contributed by atoms with van der Waals surface area (Å²) in [6, 6.07) is 3.27. The molecule has 134 valence electrons. The molecule has 1 fully saturated rings. The first-order chi connectivity index (χ1) is 11.2. The smallest absolute Gasteiger partial charge is 0.252 e. The van der Waals surface area contributed by atoms with Crippen LogP contribution in [0.2, 0.25) is 0 Å². The van der Waals surface area contributed by atoms with Gasteiger partial charge in [-0.25, -0.2) is 8.42 Å². The highest BCUT2D eigenvalue weighted by molar-refractivity contribution is 7.91. The van der Waals surface area contributed by atoms with Gasteiger partial charge < -0.3 is 10.2 Å². The second-order valence-electron chi connectivity index (χ2n) is 6.07. The minimum Gasteiger partial charge on any atom is -0.351 e. The Morgan fingerprint density at radius 3 is 2.71 bits per heavy atom. The van der Waals surface area contributed by atoms with Crippen molar-refractivity contribution in [3.63, 3.8) is 0 Å². The largest absolute Gasteiger partial charge is 0.351 e. The molecule has 1 aliphatic heterocycles. The topological polar surface area (TPSA) is 86.8 Å². The summed E-state index contributed by atoms with van der Waals surface area (Å²) in [4.78, 5) is 25.4. The number of hydrogen-bond acceptors (Lipinski definition) is 5. The number of piperidine rings is 1. The Hall–Kier alpha value is -1.45. The molecule has 1 saturated heterocycles. The van der Waals surface area contributed by atoms with E-state index in [2.05, 4.69) is 5.32 Å². The molecule has 1 aliphatic rings. The lowest BCUT2D eigenvalue weighted by Crippen LogP contribution is -2.44. The Morgan fingerprint density at radius 1 is 1.38 bits per heavy atom. The molecule has 2 rings (SSSR count). The summed E-state index contributed by atoms with van der Waals surface area (Å²) < 4.78 is 27.3. The van der Waals surface area contributed by atoms with Gasteiger partial charge in [0.2, 0.25) is 11.8 Å². The molecular formula is C15H23N3O4S2. The molecule has 1 unspecified atom stereocenters. The normalized spacial score (nSPS) is 19.0. The van der Waals surface area contributed by atoms with Crippen molar-refractivity contribution in [1.82, 2.24) is 14.5 Å². The summed E-state index contributed by atoms with van der Waals surface area (Å²) in [6.07, 6.45) is 1.38. The Morgan fingerprint density at radius 2 is 2.08 bits per heavy atom. The number of hydrogen-bond donors (Lipinski definition) is 1. The second kappa shape index (κ2) is 7.62. The molecule has 24 heavy (non-hydrogen) atoms. The summed E-state index contributed by atoms with van der Waals surface area (Å²) in [5.41, 5.74) is 0. The van der Waals surface area contributed by atoms with Crippen LogP contribution in [0.1, 0.15) is 24.6 Å². The number of carbonyl (C=O) groups excluding carboxylic acids is 2. The number of nitrogens with zero attached hydrogens (tertiary/aromatic N) is 2. The lowest BCUT2D eigenvalue weighted by atomic mass is 9.98. The van der Waals surface area contributed by atoms with Crippen molar-refractivity contribution in [3.05, 3.63) is 17.0 Å². The molecule has 0 spiro atoms. The van der Waals surface area contributed by atoms with Gasteiger partial charge in [0.15, 0.2) is 0 Å². The summed E-state index contributed by atoms with van der Waals surface area (Å²) >= 11 is 1.15. The third kappa shape index (κ3) is 4.34. The highest BCUT2D eigenvalue weighted by Gasteiger charge is 2.34. The van der Waals surface area contributed by atoms with Crippen LogP contribution in [0.3, 0.4) is 0 Å². The van der Waals surface area contributed by atoms with Gasteiger partial charge in [0.05, 0.1) is 12.5 Å². The predicted octanol–water partition coefficient (Wildman–Crippen LogP) is 0.873. The van der Waals surface area contributed by atoms with Crippen LogP contribution >= 0.6 is 11.3 Å². The number of carbonyl (C=O) groups is 2. The van der Waals surface area contributed by atoms with Crippen molar-refractivity contribution < 1.29 is 18.0 Å². The minimum atomic E-state index is -3.60. The third-order valence-corrected chi connectivity index (χ3v) is 7.33. The van der Waals surface area contributed by atoms with Gasteiger partial charge in [-0.1, -0.05) is 0 Å². The SMILES string of the molecule is CC(=O)NCc1ccc(S(=O)(=O)N2CCCC(C(=O)N(C)C)C2)s1. The van der Waals surface area contributed by atoms with Crippen molar-refractivity contribution in [1.29, 1.82) is 0 Å². The van der Waals surface area contributed by atoms with E-state index in [9.17, 15) is 18.0 Å². The molecule has 0 saturated carbocycles. The van der Waals surface area contributed by atoms with Gasteiger partial charge in [0.25, 0.3) is 10.0 Å². The van der Waals surface area contributed by atoms with E-state index in [1.54, 1.807) is 26.2 Å².